The Bertz CT molecular complexity index is 4690. The summed E-state index contributed by atoms with van der Waals surface area (Å²) in [6.45, 7) is 0. The van der Waals surface area contributed by atoms with Gasteiger partial charge in [0.1, 0.15) is 22.3 Å². The Kier molecular flexibility index (Phi) is 4.59. The highest BCUT2D eigenvalue weighted by Gasteiger charge is 2.21. The summed E-state index contributed by atoms with van der Waals surface area (Å²) in [5.41, 5.74) is 0.476. The van der Waals surface area contributed by atoms with Crippen LogP contribution in [0.15, 0.2) is 209 Å². The molecule has 0 saturated carbocycles. The van der Waals surface area contributed by atoms with Crippen LogP contribution < -0.4 is 0 Å². The fourth-order valence-electron chi connectivity index (χ4n) is 7.62. The Hall–Kier alpha value is -8.15. The van der Waals surface area contributed by atoms with Crippen LogP contribution in [-0.2, 0) is 0 Å². The lowest BCUT2D eigenvalue weighted by atomic mass is 9.89. The summed E-state index contributed by atoms with van der Waals surface area (Å²) in [4.78, 5) is 14.0. The summed E-state index contributed by atoms with van der Waals surface area (Å²) >= 11 is 0. The van der Waals surface area contributed by atoms with Gasteiger partial charge in [-0.3, -0.25) is 0 Å². The first kappa shape index (κ1) is 20.0. The summed E-state index contributed by atoms with van der Waals surface area (Å²) < 4.78 is 179. The Balaban J connectivity index is 1.19. The van der Waals surface area contributed by atoms with Gasteiger partial charge in [0.05, 0.1) is 26.0 Å². The van der Waals surface area contributed by atoms with E-state index in [9.17, 15) is 4.11 Å². The highest BCUT2D eigenvalue weighted by atomic mass is 16.3. The van der Waals surface area contributed by atoms with E-state index in [2.05, 4.69) is 4.98 Å². The minimum Gasteiger partial charge on any atom is -0.456 e. The lowest BCUT2D eigenvalue weighted by Gasteiger charge is -2.15. The largest absolute Gasteiger partial charge is 0.456 e. The number of aromatic nitrogens is 3. The van der Waals surface area contributed by atoms with Crippen LogP contribution in [0.4, 0.5) is 0 Å². The third kappa shape index (κ3) is 5.67. The van der Waals surface area contributed by atoms with Crippen molar-refractivity contribution in [3.05, 3.63) is 200 Å². The lowest BCUT2D eigenvalue weighted by Crippen LogP contribution is -2.00. The molecule has 3 aromatic heterocycles. The minimum absolute atomic E-state index is 0.0285. The molecule has 0 aliphatic heterocycles. The fourth-order valence-corrected chi connectivity index (χ4v) is 7.62. The summed E-state index contributed by atoms with van der Waals surface area (Å²) in [5.74, 6) is -1.33. The van der Waals surface area contributed by atoms with Gasteiger partial charge < -0.3 is 8.83 Å². The van der Waals surface area contributed by atoms with Crippen LogP contribution in [0.2, 0.25) is 0 Å². The number of benzene rings is 9. The molecule has 5 nitrogen and oxygen atoms in total. The zero-order chi connectivity index (χ0) is 56.1. The molecule has 0 bridgehead atoms. The second-order valence-electron chi connectivity index (χ2n) is 13.7. The van der Waals surface area contributed by atoms with Gasteiger partial charge in [0, 0.05) is 38.2 Å². The average Bonchev–Trinajstić information content (AvgIpc) is 4.17. The van der Waals surface area contributed by atoms with Crippen LogP contribution in [0.3, 0.4) is 0 Å². The maximum atomic E-state index is 9.55. The molecule has 0 N–H and O–H groups in total. The maximum Gasteiger partial charge on any atom is 0.164 e. The van der Waals surface area contributed by atoms with Gasteiger partial charge >= 0.3 is 0 Å². The summed E-state index contributed by atoms with van der Waals surface area (Å²) in [7, 11) is 0. The first-order valence-electron chi connectivity index (χ1n) is 28.0. The molecule has 3 heterocycles. The molecule has 0 spiro atoms. The van der Waals surface area contributed by atoms with Crippen LogP contribution in [0, 0.1) is 0 Å². The molecule has 0 radical (unpaired) electrons. The number of furan rings is 2. The van der Waals surface area contributed by atoms with E-state index in [0.717, 1.165) is 0 Å². The fraction of sp³-hybridized carbons (Fsp3) is 0. The van der Waals surface area contributed by atoms with E-state index in [1.165, 1.54) is 12.1 Å². The van der Waals surface area contributed by atoms with Gasteiger partial charge in [0.2, 0.25) is 0 Å². The van der Waals surface area contributed by atoms with E-state index in [1.807, 2.05) is 30.3 Å². The number of hydrogen-bond acceptors (Lipinski definition) is 5. The van der Waals surface area contributed by atoms with E-state index in [1.54, 1.807) is 42.5 Å². The highest BCUT2D eigenvalue weighted by Crippen LogP contribution is 2.45. The molecule has 0 amide bonds. The van der Waals surface area contributed by atoms with E-state index < -0.39 is 118 Å². The van der Waals surface area contributed by atoms with Crippen LogP contribution in [0.25, 0.3) is 122 Å². The normalized spacial score (nSPS) is 16.1. The predicted molar refractivity (Wildman–Crippen MR) is 245 cm³/mol. The monoisotopic (exact) mass is 786 g/mol. The zero-order valence-corrected chi connectivity index (χ0v) is 30.7. The SMILES string of the molecule is [2H]c1cc2c(oc3c([2H])cc([2H])c(-c4cc(-c5cc(-c6nc(-c7c([2H])c([2H])c([2H])c([2H])c7[2H])nc(-c7c([2H])c([2H])c([2H])c(-c8c([2H])c([2H])c([2H])c([2H])c8[2H])c7[2H])n6)cc6ccccc56)c5c(c4)oc4ccccc45)c32)c([2H])c1[2H]. The van der Waals surface area contributed by atoms with E-state index in [-0.39, 0.29) is 69.1 Å². The number of hydrogen-bond donors (Lipinski definition) is 0. The second kappa shape index (κ2) is 13.8. The van der Waals surface area contributed by atoms with Crippen molar-refractivity contribution >= 4 is 54.6 Å². The molecule has 0 aliphatic carbocycles. The molecule has 280 valence electrons. The van der Waals surface area contributed by atoms with Crippen LogP contribution >= 0.6 is 0 Å². The quantitative estimate of drug-likeness (QED) is 0.168. The zero-order valence-electron chi connectivity index (χ0n) is 49.7. The van der Waals surface area contributed by atoms with E-state index in [4.69, 9.17) is 40.7 Å². The number of nitrogens with zero attached hydrogens (tertiary/aromatic N) is 3. The molecule has 0 saturated heterocycles. The first-order chi connectivity index (χ1) is 37.6. The first-order valence-corrected chi connectivity index (χ1v) is 18.5. The van der Waals surface area contributed by atoms with Gasteiger partial charge in [-0.15, -0.1) is 0 Å². The smallest absolute Gasteiger partial charge is 0.164 e. The van der Waals surface area contributed by atoms with Crippen molar-refractivity contribution in [3.63, 3.8) is 0 Å². The molecule has 9 aromatic carbocycles. The molecule has 0 atom stereocenters. The van der Waals surface area contributed by atoms with Gasteiger partial charge in [-0.25, -0.2) is 15.0 Å². The predicted octanol–water partition coefficient (Wildman–Crippen LogP) is 14.8. The minimum atomic E-state index is -0.835. The molecule has 12 rings (SSSR count). The Labute approximate surface area is 371 Å². The molecule has 5 heteroatoms. The van der Waals surface area contributed by atoms with Crippen molar-refractivity contribution in [2.75, 3.05) is 0 Å². The maximum absolute atomic E-state index is 9.55. The van der Waals surface area contributed by atoms with E-state index in [0.29, 0.717) is 49.4 Å². The molecular weight excluding hydrogens is 735 g/mol. The van der Waals surface area contributed by atoms with Crippen molar-refractivity contribution in [1.29, 1.82) is 0 Å². The number of fused-ring (bicyclic) bond motifs is 7. The summed E-state index contributed by atoms with van der Waals surface area (Å²) in [6.07, 6.45) is 0. The van der Waals surface area contributed by atoms with Crippen LogP contribution in [0.5, 0.6) is 0 Å². The summed E-state index contributed by atoms with van der Waals surface area (Å²) in [6, 6.07) is 12.2. The van der Waals surface area contributed by atoms with Gasteiger partial charge in [0.25, 0.3) is 0 Å². The van der Waals surface area contributed by atoms with Crippen molar-refractivity contribution in [1.82, 2.24) is 15.0 Å². The molecule has 0 unspecified atom stereocenters. The topological polar surface area (TPSA) is 65.0 Å². The molecule has 0 fully saturated rings. The van der Waals surface area contributed by atoms with Gasteiger partial charge in [-0.05, 0) is 92.6 Å². The Morgan fingerprint density at radius 3 is 1.83 bits per heavy atom. The summed E-state index contributed by atoms with van der Waals surface area (Å²) in [5, 5.41) is 3.07. The highest BCUT2D eigenvalue weighted by molar-refractivity contribution is 6.19. The van der Waals surface area contributed by atoms with Crippen LogP contribution in [-0.4, -0.2) is 15.0 Å². The van der Waals surface area contributed by atoms with E-state index >= 15 is 0 Å². The van der Waals surface area contributed by atoms with Crippen molar-refractivity contribution in [2.24, 2.45) is 0 Å². The number of rotatable bonds is 6. The molecular formula is C55H33N3O2. The molecule has 0 aliphatic rings. The van der Waals surface area contributed by atoms with Crippen LogP contribution in [0.1, 0.15) is 26.0 Å². The Morgan fingerprint density at radius 1 is 0.350 bits per heavy atom. The lowest BCUT2D eigenvalue weighted by molar-refractivity contribution is 0.668. The van der Waals surface area contributed by atoms with Gasteiger partial charge in [-0.2, -0.15) is 0 Å². The van der Waals surface area contributed by atoms with Gasteiger partial charge in [-0.1, -0.05) is 151 Å². The average molecular weight is 787 g/mol. The van der Waals surface area contributed by atoms with Gasteiger partial charge in [0.15, 0.2) is 17.5 Å². The second-order valence-corrected chi connectivity index (χ2v) is 13.7. The third-order valence-corrected chi connectivity index (χ3v) is 10.2. The van der Waals surface area contributed by atoms with Crippen molar-refractivity contribution in [3.8, 4) is 67.5 Å². The Morgan fingerprint density at radius 2 is 0.983 bits per heavy atom. The number of para-hydroxylation sites is 2. The van der Waals surface area contributed by atoms with Crippen molar-refractivity contribution < 1.29 is 34.9 Å². The van der Waals surface area contributed by atoms with Crippen molar-refractivity contribution in [2.45, 2.75) is 0 Å². The molecule has 12 aromatic rings. The molecule has 60 heavy (non-hydrogen) atoms. The third-order valence-electron chi connectivity index (χ3n) is 10.2. The standard InChI is InChI=1S/C55H33N3O2/c1-3-15-34(16-4-1)36-20-13-21-38(29-36)54-56-53(35-17-5-2-6-18-35)57-55(58-54)40-30-37-19-7-8-22-41(37)45(32-40)46-31-39(33-50-52(46)44-24-10-12-27-48(44)60-50)42-25-14-28-49-51(42)43-23-9-11-26-47(43)59-49/h1-33H/i1D,2D,3D,4D,5D,6D,9D,11D,13D,15D,16D,17D,18D,20D,21D,25D,26D,28D,29D.